The molecule has 0 aliphatic carbocycles. The first-order valence-corrected chi connectivity index (χ1v) is 9.18. The fourth-order valence-corrected chi connectivity index (χ4v) is 2.18. The average molecular weight is 370 g/mol. The van der Waals surface area contributed by atoms with Crippen LogP contribution in [-0.4, -0.2) is 31.3 Å². The molecule has 2 aromatic rings. The zero-order valence-corrected chi connectivity index (χ0v) is 15.6. The predicted octanol–water partition coefficient (Wildman–Crippen LogP) is 3.70. The van der Waals surface area contributed by atoms with E-state index in [1.165, 1.54) is 0 Å². The SMILES string of the molecule is CCCC(=O)OCC1CO1.O=C(Cc1ccccc1)OCc1ccccc1. The quantitative estimate of drug-likeness (QED) is 0.524. The molecule has 27 heavy (non-hydrogen) atoms. The Morgan fingerprint density at radius 3 is 2.07 bits per heavy atom. The van der Waals surface area contributed by atoms with Gasteiger partial charge in [-0.15, -0.1) is 0 Å². The van der Waals surface area contributed by atoms with Crippen LogP contribution in [-0.2, 0) is 36.8 Å². The third-order valence-electron chi connectivity index (χ3n) is 3.72. The molecule has 5 heteroatoms. The number of benzene rings is 2. The maximum Gasteiger partial charge on any atom is 0.310 e. The van der Waals surface area contributed by atoms with Crippen LogP contribution in [0.15, 0.2) is 60.7 Å². The van der Waals surface area contributed by atoms with E-state index in [4.69, 9.17) is 14.2 Å². The number of carbonyl (C=O) groups is 2. The standard InChI is InChI=1S/C15H14O2.C7H12O3/c16-15(11-13-7-3-1-4-8-13)17-12-14-9-5-2-6-10-14;1-2-3-7(8)10-5-6-4-9-6/h1-10H,11-12H2;6H,2-5H2,1H3. The Bertz CT molecular complexity index is 680. The van der Waals surface area contributed by atoms with Crippen LogP contribution in [0.25, 0.3) is 0 Å². The summed E-state index contributed by atoms with van der Waals surface area (Å²) in [6.07, 6.45) is 1.89. The summed E-state index contributed by atoms with van der Waals surface area (Å²) in [4.78, 5) is 22.3. The van der Waals surface area contributed by atoms with E-state index in [1.54, 1.807) is 0 Å². The molecule has 0 aromatic heterocycles. The minimum atomic E-state index is -0.194. The lowest BCUT2D eigenvalue weighted by Gasteiger charge is -2.04. The van der Waals surface area contributed by atoms with Crippen molar-refractivity contribution >= 4 is 11.9 Å². The molecule has 1 saturated heterocycles. The Kier molecular flexibility index (Phi) is 9.07. The Hall–Kier alpha value is -2.66. The highest BCUT2D eigenvalue weighted by atomic mass is 16.6. The molecule has 2 aromatic carbocycles. The molecule has 144 valence electrons. The smallest absolute Gasteiger partial charge is 0.310 e. The van der Waals surface area contributed by atoms with E-state index in [0.29, 0.717) is 26.1 Å². The minimum absolute atomic E-state index is 0.113. The molecule has 0 N–H and O–H groups in total. The number of carbonyl (C=O) groups excluding carboxylic acids is 2. The number of hydrogen-bond acceptors (Lipinski definition) is 5. The molecule has 1 fully saturated rings. The monoisotopic (exact) mass is 370 g/mol. The van der Waals surface area contributed by atoms with Gasteiger partial charge in [0.1, 0.15) is 19.3 Å². The lowest BCUT2D eigenvalue weighted by atomic mass is 10.1. The van der Waals surface area contributed by atoms with E-state index in [0.717, 1.165) is 24.2 Å². The second-order valence-electron chi connectivity index (χ2n) is 6.20. The first kappa shape index (κ1) is 20.6. The van der Waals surface area contributed by atoms with Crippen molar-refractivity contribution in [3.05, 3.63) is 71.8 Å². The summed E-state index contributed by atoms with van der Waals surface area (Å²) in [7, 11) is 0. The van der Waals surface area contributed by atoms with Gasteiger partial charge in [0, 0.05) is 6.42 Å². The summed E-state index contributed by atoms with van der Waals surface area (Å²) in [5.74, 6) is -0.307. The fourth-order valence-electron chi connectivity index (χ4n) is 2.18. The van der Waals surface area contributed by atoms with Gasteiger partial charge in [-0.2, -0.15) is 0 Å². The molecule has 0 amide bonds. The van der Waals surface area contributed by atoms with Crippen molar-refractivity contribution in [2.24, 2.45) is 0 Å². The van der Waals surface area contributed by atoms with E-state index in [2.05, 4.69) is 0 Å². The Morgan fingerprint density at radius 2 is 1.52 bits per heavy atom. The lowest BCUT2D eigenvalue weighted by molar-refractivity contribution is -0.145. The zero-order valence-electron chi connectivity index (χ0n) is 15.6. The summed E-state index contributed by atoms with van der Waals surface area (Å²) in [5, 5.41) is 0. The van der Waals surface area contributed by atoms with Crippen molar-refractivity contribution in [2.45, 2.75) is 38.9 Å². The Morgan fingerprint density at radius 1 is 0.926 bits per heavy atom. The normalized spacial score (nSPS) is 14.5. The van der Waals surface area contributed by atoms with Gasteiger partial charge in [-0.25, -0.2) is 0 Å². The van der Waals surface area contributed by atoms with Gasteiger partial charge in [-0.3, -0.25) is 9.59 Å². The number of hydrogen-bond donors (Lipinski definition) is 0. The molecule has 1 aliphatic heterocycles. The molecule has 1 atom stereocenters. The fraction of sp³-hybridized carbons (Fsp3) is 0.364. The van der Waals surface area contributed by atoms with Gasteiger partial charge in [-0.1, -0.05) is 67.6 Å². The van der Waals surface area contributed by atoms with Crippen LogP contribution in [0.1, 0.15) is 30.9 Å². The molecule has 1 aliphatic rings. The highest BCUT2D eigenvalue weighted by molar-refractivity contribution is 5.72. The zero-order chi connectivity index (χ0) is 19.3. The second kappa shape index (κ2) is 11.9. The van der Waals surface area contributed by atoms with Crippen LogP contribution in [0.5, 0.6) is 0 Å². The highest BCUT2D eigenvalue weighted by Gasteiger charge is 2.23. The van der Waals surface area contributed by atoms with Crippen molar-refractivity contribution in [2.75, 3.05) is 13.2 Å². The molecular weight excluding hydrogens is 344 g/mol. The topological polar surface area (TPSA) is 65.1 Å². The van der Waals surface area contributed by atoms with Gasteiger partial charge in [0.2, 0.25) is 0 Å². The lowest BCUT2D eigenvalue weighted by Crippen LogP contribution is -2.08. The molecule has 1 heterocycles. The van der Waals surface area contributed by atoms with Gasteiger partial charge in [0.15, 0.2) is 0 Å². The molecular formula is C22H26O5. The van der Waals surface area contributed by atoms with Gasteiger partial charge >= 0.3 is 11.9 Å². The molecule has 0 saturated carbocycles. The number of esters is 2. The molecule has 3 rings (SSSR count). The Labute approximate surface area is 160 Å². The largest absolute Gasteiger partial charge is 0.463 e. The molecule has 1 unspecified atom stereocenters. The summed E-state index contributed by atoms with van der Waals surface area (Å²) in [5.41, 5.74) is 1.99. The van der Waals surface area contributed by atoms with E-state index in [-0.39, 0.29) is 18.0 Å². The maximum atomic E-state index is 11.6. The Balaban J connectivity index is 0.000000223. The predicted molar refractivity (Wildman–Crippen MR) is 102 cm³/mol. The molecule has 0 spiro atoms. The van der Waals surface area contributed by atoms with E-state index < -0.39 is 0 Å². The number of rotatable bonds is 8. The van der Waals surface area contributed by atoms with Crippen LogP contribution >= 0.6 is 0 Å². The highest BCUT2D eigenvalue weighted by Crippen LogP contribution is 2.09. The van der Waals surface area contributed by atoms with Crippen molar-refractivity contribution in [3.63, 3.8) is 0 Å². The first-order chi connectivity index (χ1) is 13.2. The number of epoxide rings is 1. The summed E-state index contributed by atoms with van der Waals surface area (Å²) in [6, 6.07) is 19.3. The minimum Gasteiger partial charge on any atom is -0.463 e. The third-order valence-corrected chi connectivity index (χ3v) is 3.72. The first-order valence-electron chi connectivity index (χ1n) is 9.18. The molecule has 5 nitrogen and oxygen atoms in total. The molecule has 0 bridgehead atoms. The van der Waals surface area contributed by atoms with Gasteiger partial charge in [0.25, 0.3) is 0 Å². The van der Waals surface area contributed by atoms with E-state index in [9.17, 15) is 9.59 Å². The second-order valence-corrected chi connectivity index (χ2v) is 6.20. The van der Waals surface area contributed by atoms with Crippen LogP contribution in [0.4, 0.5) is 0 Å². The van der Waals surface area contributed by atoms with Gasteiger partial charge in [-0.05, 0) is 17.5 Å². The van der Waals surface area contributed by atoms with E-state index in [1.807, 2.05) is 67.6 Å². The summed E-state index contributed by atoms with van der Waals surface area (Å²) < 4.78 is 14.9. The van der Waals surface area contributed by atoms with Gasteiger partial charge in [0.05, 0.1) is 13.0 Å². The summed E-state index contributed by atoms with van der Waals surface area (Å²) in [6.45, 7) is 3.49. The third kappa shape index (κ3) is 9.56. The van der Waals surface area contributed by atoms with Crippen molar-refractivity contribution in [1.82, 2.24) is 0 Å². The van der Waals surface area contributed by atoms with Crippen molar-refractivity contribution in [3.8, 4) is 0 Å². The number of ether oxygens (including phenoxy) is 3. The van der Waals surface area contributed by atoms with Crippen LogP contribution in [0.2, 0.25) is 0 Å². The van der Waals surface area contributed by atoms with Gasteiger partial charge < -0.3 is 14.2 Å². The maximum absolute atomic E-state index is 11.6. The van der Waals surface area contributed by atoms with Crippen LogP contribution in [0.3, 0.4) is 0 Å². The average Bonchev–Trinajstić information content (AvgIpc) is 3.52. The van der Waals surface area contributed by atoms with Crippen molar-refractivity contribution in [1.29, 1.82) is 0 Å². The van der Waals surface area contributed by atoms with E-state index >= 15 is 0 Å². The van der Waals surface area contributed by atoms with Crippen molar-refractivity contribution < 1.29 is 23.8 Å². The molecule has 0 radical (unpaired) electrons. The van der Waals surface area contributed by atoms with Crippen LogP contribution < -0.4 is 0 Å². The summed E-state index contributed by atoms with van der Waals surface area (Å²) >= 11 is 0. The van der Waals surface area contributed by atoms with Crippen LogP contribution in [0, 0.1) is 0 Å².